The number of nitrogens with zero attached hydrogens (tertiary/aromatic N) is 3. The van der Waals surface area contributed by atoms with E-state index in [4.69, 9.17) is 9.97 Å². The highest BCUT2D eigenvalue weighted by molar-refractivity contribution is 7.99. The highest BCUT2D eigenvalue weighted by atomic mass is 32.2. The highest BCUT2D eigenvalue weighted by Crippen LogP contribution is 2.36. The summed E-state index contributed by atoms with van der Waals surface area (Å²) in [6.07, 6.45) is 0.448. The van der Waals surface area contributed by atoms with E-state index < -0.39 is 0 Å². The molecule has 0 aliphatic rings. The molecule has 168 valence electrons. The third-order valence-electron chi connectivity index (χ3n) is 5.28. The van der Waals surface area contributed by atoms with E-state index in [-0.39, 0.29) is 23.0 Å². The van der Waals surface area contributed by atoms with Gasteiger partial charge in [0.05, 0.1) is 21.5 Å². The Labute approximate surface area is 200 Å². The second kappa shape index (κ2) is 9.22. The van der Waals surface area contributed by atoms with Crippen LogP contribution in [0, 0.1) is 0 Å². The molecule has 4 heterocycles. The molecule has 0 spiro atoms. The van der Waals surface area contributed by atoms with Gasteiger partial charge in [0, 0.05) is 29.0 Å². The van der Waals surface area contributed by atoms with Gasteiger partial charge in [-0.3, -0.25) is 14.2 Å². The molecule has 10 heteroatoms. The second-order valence-electron chi connectivity index (χ2n) is 7.46. The first-order valence-electron chi connectivity index (χ1n) is 10.4. The van der Waals surface area contributed by atoms with Crippen molar-refractivity contribution in [1.29, 1.82) is 0 Å². The first-order valence-corrected chi connectivity index (χ1v) is 13.0. The number of benzene rings is 1. The molecule has 7 nitrogen and oxygen atoms in total. The predicted molar refractivity (Wildman–Crippen MR) is 136 cm³/mol. The molecule has 5 rings (SSSR count). The molecular weight excluding hydrogens is 476 g/mol. The minimum atomic E-state index is -0.247. The van der Waals surface area contributed by atoms with Crippen LogP contribution in [0.3, 0.4) is 0 Å². The largest absolute Gasteiger partial charge is 0.396 e. The first-order chi connectivity index (χ1) is 16.1. The zero-order valence-electron chi connectivity index (χ0n) is 17.6. The van der Waals surface area contributed by atoms with Gasteiger partial charge in [0.2, 0.25) is 0 Å². The topological polar surface area (TPSA) is 101 Å². The Balaban J connectivity index is 1.54. The van der Waals surface area contributed by atoms with E-state index in [2.05, 4.69) is 4.98 Å². The predicted octanol–water partition coefficient (Wildman–Crippen LogP) is 4.66. The Morgan fingerprint density at radius 2 is 2.00 bits per heavy atom. The number of H-pyrrole nitrogens is 1. The fraction of sp³-hybridized carbons (Fsp3) is 0.217. The number of aromatic amines is 1. The molecule has 0 saturated heterocycles. The summed E-state index contributed by atoms with van der Waals surface area (Å²) in [6, 6.07) is 11.2. The van der Waals surface area contributed by atoms with Crippen molar-refractivity contribution in [1.82, 2.24) is 19.5 Å². The molecule has 0 amide bonds. The van der Waals surface area contributed by atoms with E-state index in [1.54, 1.807) is 22.0 Å². The van der Waals surface area contributed by atoms with Gasteiger partial charge in [0.15, 0.2) is 5.16 Å². The average Bonchev–Trinajstić information content (AvgIpc) is 3.49. The van der Waals surface area contributed by atoms with Crippen LogP contribution in [0.2, 0.25) is 0 Å². The highest BCUT2D eigenvalue weighted by Gasteiger charge is 2.20. The summed E-state index contributed by atoms with van der Waals surface area (Å²) in [5.74, 6) is 0.535. The number of thiophene rings is 2. The molecule has 0 bridgehead atoms. The summed E-state index contributed by atoms with van der Waals surface area (Å²) in [4.78, 5) is 40.2. The van der Waals surface area contributed by atoms with E-state index in [0.29, 0.717) is 45.1 Å². The van der Waals surface area contributed by atoms with Crippen molar-refractivity contribution in [3.63, 3.8) is 0 Å². The number of rotatable bonds is 7. The van der Waals surface area contributed by atoms with Crippen molar-refractivity contribution in [2.75, 3.05) is 6.61 Å². The van der Waals surface area contributed by atoms with Gasteiger partial charge < -0.3 is 10.1 Å². The van der Waals surface area contributed by atoms with Crippen LogP contribution in [0.1, 0.15) is 24.4 Å². The third kappa shape index (κ3) is 4.15. The van der Waals surface area contributed by atoms with Gasteiger partial charge in [-0.25, -0.2) is 9.97 Å². The van der Waals surface area contributed by atoms with Crippen LogP contribution in [-0.4, -0.2) is 31.2 Å². The van der Waals surface area contributed by atoms with Crippen molar-refractivity contribution >= 4 is 55.6 Å². The molecule has 5 aromatic rings. The van der Waals surface area contributed by atoms with Gasteiger partial charge in [-0.15, -0.1) is 22.7 Å². The van der Waals surface area contributed by atoms with E-state index in [1.807, 2.05) is 48.0 Å². The van der Waals surface area contributed by atoms with Gasteiger partial charge in [-0.05, 0) is 36.9 Å². The maximum atomic E-state index is 13.1. The Bertz CT molecular complexity index is 1550. The second-order valence-corrected chi connectivity index (χ2v) is 10.6. The molecule has 2 N–H and O–H groups in total. The SMILES string of the molecule is CC(Sc1nc2ccccc2c(=O)n1CCCO)c1nc2scc(-c3cccs3)c2c(=O)[nH]1. The van der Waals surface area contributed by atoms with Crippen LogP contribution in [0.25, 0.3) is 31.6 Å². The maximum Gasteiger partial charge on any atom is 0.262 e. The van der Waals surface area contributed by atoms with Crippen LogP contribution >= 0.6 is 34.4 Å². The number of aliphatic hydroxyl groups is 1. The van der Waals surface area contributed by atoms with Crippen LogP contribution in [0.4, 0.5) is 0 Å². The van der Waals surface area contributed by atoms with Gasteiger partial charge >= 0.3 is 0 Å². The average molecular weight is 497 g/mol. The smallest absolute Gasteiger partial charge is 0.262 e. The zero-order chi connectivity index (χ0) is 22.9. The Kier molecular flexibility index (Phi) is 6.15. The van der Waals surface area contributed by atoms with Crippen LogP contribution in [-0.2, 0) is 6.54 Å². The van der Waals surface area contributed by atoms with E-state index in [1.165, 1.54) is 23.1 Å². The standard InChI is InChI=1S/C23H20N4O3S3/c1-13(19-25-20(29)18-15(12-32-21(18)26-19)17-8-4-11-31-17)33-23-24-16-7-3-2-6-14(16)22(30)27(23)9-5-10-28/h2-4,6-8,11-13,28H,5,9-10H2,1H3,(H,25,26,29). The Morgan fingerprint density at radius 1 is 1.15 bits per heavy atom. The van der Waals surface area contributed by atoms with Gasteiger partial charge in [0.25, 0.3) is 11.1 Å². The molecule has 1 aromatic carbocycles. The molecule has 1 atom stereocenters. The fourth-order valence-corrected chi connectivity index (χ4v) is 6.41. The molecular formula is C23H20N4O3S3. The Morgan fingerprint density at radius 3 is 2.79 bits per heavy atom. The summed E-state index contributed by atoms with van der Waals surface area (Å²) in [6.45, 7) is 2.27. The zero-order valence-corrected chi connectivity index (χ0v) is 20.1. The van der Waals surface area contributed by atoms with E-state index in [0.717, 1.165) is 10.4 Å². The number of hydrogen-bond donors (Lipinski definition) is 2. The lowest BCUT2D eigenvalue weighted by molar-refractivity contribution is 0.276. The van der Waals surface area contributed by atoms with Crippen molar-refractivity contribution in [2.24, 2.45) is 0 Å². The van der Waals surface area contributed by atoms with Crippen molar-refractivity contribution in [3.8, 4) is 10.4 Å². The lowest BCUT2D eigenvalue weighted by Gasteiger charge is -2.16. The van der Waals surface area contributed by atoms with Gasteiger partial charge in [0.1, 0.15) is 10.7 Å². The Hall–Kier alpha value is -2.79. The normalized spacial score (nSPS) is 12.5. The molecule has 0 aliphatic carbocycles. The maximum absolute atomic E-state index is 13.1. The number of thioether (sulfide) groups is 1. The van der Waals surface area contributed by atoms with E-state index >= 15 is 0 Å². The molecule has 1 unspecified atom stereocenters. The number of hydrogen-bond acceptors (Lipinski definition) is 8. The molecule has 0 saturated carbocycles. The van der Waals surface area contributed by atoms with Crippen LogP contribution in [0.15, 0.2) is 61.9 Å². The lowest BCUT2D eigenvalue weighted by atomic mass is 10.2. The number of fused-ring (bicyclic) bond motifs is 2. The minimum Gasteiger partial charge on any atom is -0.396 e. The molecule has 0 fully saturated rings. The summed E-state index contributed by atoms with van der Waals surface area (Å²) in [7, 11) is 0. The van der Waals surface area contributed by atoms with E-state index in [9.17, 15) is 14.7 Å². The van der Waals surface area contributed by atoms with Crippen LogP contribution < -0.4 is 11.1 Å². The fourth-order valence-electron chi connectivity index (χ4n) is 3.65. The van der Waals surface area contributed by atoms with Gasteiger partial charge in [-0.2, -0.15) is 0 Å². The first kappa shape index (κ1) is 22.0. The monoisotopic (exact) mass is 496 g/mol. The molecule has 33 heavy (non-hydrogen) atoms. The number of nitrogens with one attached hydrogen (secondary N) is 1. The van der Waals surface area contributed by atoms with Crippen molar-refractivity contribution in [2.45, 2.75) is 30.3 Å². The van der Waals surface area contributed by atoms with Crippen molar-refractivity contribution < 1.29 is 5.11 Å². The lowest BCUT2D eigenvalue weighted by Crippen LogP contribution is -2.24. The number of aromatic nitrogens is 4. The minimum absolute atomic E-state index is 0.0184. The van der Waals surface area contributed by atoms with Gasteiger partial charge in [-0.1, -0.05) is 30.0 Å². The van der Waals surface area contributed by atoms with Crippen LogP contribution in [0.5, 0.6) is 0 Å². The number of para-hydroxylation sites is 1. The summed E-state index contributed by atoms with van der Waals surface area (Å²) < 4.78 is 1.59. The number of aliphatic hydroxyl groups excluding tert-OH is 1. The molecule has 0 radical (unpaired) electrons. The molecule has 4 aromatic heterocycles. The summed E-state index contributed by atoms with van der Waals surface area (Å²) in [5, 5.41) is 14.7. The third-order valence-corrected chi connectivity index (χ3v) is 8.16. The molecule has 0 aliphatic heterocycles. The summed E-state index contributed by atoms with van der Waals surface area (Å²) >= 11 is 4.41. The quantitative estimate of drug-likeness (QED) is 0.251. The van der Waals surface area contributed by atoms with Crippen molar-refractivity contribution in [3.05, 3.63) is 73.7 Å². The summed E-state index contributed by atoms with van der Waals surface area (Å²) in [5.41, 5.74) is 1.21.